The Labute approximate surface area is 204 Å². The van der Waals surface area contributed by atoms with E-state index in [4.69, 9.17) is 16.7 Å². The van der Waals surface area contributed by atoms with Gasteiger partial charge in [-0.2, -0.15) is 0 Å². The van der Waals surface area contributed by atoms with Crippen LogP contribution >= 0.6 is 27.5 Å². The molecule has 0 amide bonds. The Hall–Kier alpha value is -1.82. The van der Waals surface area contributed by atoms with Crippen molar-refractivity contribution in [2.45, 2.75) is 38.1 Å². The van der Waals surface area contributed by atoms with Crippen molar-refractivity contribution in [3.63, 3.8) is 0 Å². The van der Waals surface area contributed by atoms with Crippen LogP contribution in [-0.2, 0) is 0 Å². The summed E-state index contributed by atoms with van der Waals surface area (Å²) in [5, 5.41) is 9.92. The molecule has 1 heterocycles. The Morgan fingerprint density at radius 3 is 2.44 bits per heavy atom. The first-order chi connectivity index (χ1) is 15.2. The summed E-state index contributed by atoms with van der Waals surface area (Å²) in [6.45, 7) is 8.51. The van der Waals surface area contributed by atoms with Gasteiger partial charge in [0.05, 0.1) is 10.5 Å². The predicted octanol–water partition coefficient (Wildman–Crippen LogP) is 6.55. The summed E-state index contributed by atoms with van der Waals surface area (Å²) in [5.74, 6) is -0.891. The van der Waals surface area contributed by atoms with E-state index in [0.29, 0.717) is 11.0 Å². The Morgan fingerprint density at radius 2 is 1.81 bits per heavy atom. The van der Waals surface area contributed by atoms with Crippen molar-refractivity contribution >= 4 is 44.8 Å². The van der Waals surface area contributed by atoms with Crippen molar-refractivity contribution in [2.24, 2.45) is 5.41 Å². The summed E-state index contributed by atoms with van der Waals surface area (Å²) in [5.41, 5.74) is 6.01. The minimum Gasteiger partial charge on any atom is -0.478 e. The largest absolute Gasteiger partial charge is 0.478 e. The summed E-state index contributed by atoms with van der Waals surface area (Å²) in [7, 11) is 0. The topological polar surface area (TPSA) is 43.8 Å². The highest BCUT2D eigenvalue weighted by Crippen LogP contribution is 2.43. The standard InChI is InChI=1S/C26H30BrClN2O2/c1-26(2)12-11-20(23(15-26)18-3-7-21(28)8-4-18)16-29-13-14-30(24(27)17-29)22-9-5-19(6-10-22)25(31)32/h3-10,24H,11-17H2,1-2H3,(H,31,32). The maximum atomic E-state index is 11.1. The van der Waals surface area contributed by atoms with Gasteiger partial charge in [-0.1, -0.05) is 59.1 Å². The van der Waals surface area contributed by atoms with E-state index in [1.165, 1.54) is 17.6 Å². The lowest BCUT2D eigenvalue weighted by Crippen LogP contribution is -2.51. The van der Waals surface area contributed by atoms with Crippen molar-refractivity contribution < 1.29 is 9.90 Å². The average molecular weight is 518 g/mol. The SMILES string of the molecule is CC1(C)CCC(CN2CCN(c3ccc(C(=O)O)cc3)C(Br)C2)=C(c2ccc(Cl)cc2)C1. The summed E-state index contributed by atoms with van der Waals surface area (Å²) in [6, 6.07) is 15.5. The van der Waals surface area contributed by atoms with Crippen molar-refractivity contribution in [1.82, 2.24) is 4.90 Å². The van der Waals surface area contributed by atoms with Crippen LogP contribution in [0, 0.1) is 5.41 Å². The quantitative estimate of drug-likeness (QED) is 0.361. The van der Waals surface area contributed by atoms with Crippen LogP contribution < -0.4 is 4.90 Å². The third-order valence-electron chi connectivity index (χ3n) is 6.64. The molecule has 4 nitrogen and oxygen atoms in total. The molecule has 2 aromatic carbocycles. The number of carboxylic acid groups (broad SMARTS) is 1. The first-order valence-corrected chi connectivity index (χ1v) is 12.4. The zero-order valence-electron chi connectivity index (χ0n) is 18.7. The Balaban J connectivity index is 1.48. The molecule has 0 radical (unpaired) electrons. The number of nitrogens with zero attached hydrogens (tertiary/aromatic N) is 2. The average Bonchev–Trinajstić information content (AvgIpc) is 2.76. The van der Waals surface area contributed by atoms with Gasteiger partial charge in [0.1, 0.15) is 0 Å². The normalized spacial score (nSPS) is 21.6. The highest BCUT2D eigenvalue weighted by Gasteiger charge is 2.31. The predicted molar refractivity (Wildman–Crippen MR) is 136 cm³/mol. The lowest BCUT2D eigenvalue weighted by molar-refractivity contribution is 0.0697. The fourth-order valence-corrected chi connectivity index (χ4v) is 5.73. The molecule has 1 atom stereocenters. The van der Waals surface area contributed by atoms with E-state index in [-0.39, 0.29) is 4.95 Å². The van der Waals surface area contributed by atoms with Crippen LogP contribution in [0.5, 0.6) is 0 Å². The van der Waals surface area contributed by atoms with Crippen LogP contribution in [0.3, 0.4) is 0 Å². The molecule has 1 N–H and O–H groups in total. The molecule has 2 aliphatic rings. The molecule has 2 aromatic rings. The number of carboxylic acids is 1. The van der Waals surface area contributed by atoms with Gasteiger partial charge in [0.15, 0.2) is 0 Å². The molecule has 0 aromatic heterocycles. The highest BCUT2D eigenvalue weighted by molar-refractivity contribution is 9.09. The molecular formula is C26H30BrClN2O2. The van der Waals surface area contributed by atoms with Gasteiger partial charge in [-0.15, -0.1) is 0 Å². The fraction of sp³-hybridized carbons (Fsp3) is 0.423. The van der Waals surface area contributed by atoms with Crippen molar-refractivity contribution in [3.8, 4) is 0 Å². The first-order valence-electron chi connectivity index (χ1n) is 11.2. The van der Waals surface area contributed by atoms with Crippen LogP contribution in [0.2, 0.25) is 5.02 Å². The van der Waals surface area contributed by atoms with Gasteiger partial charge in [0.2, 0.25) is 0 Å². The number of anilines is 1. The zero-order chi connectivity index (χ0) is 22.9. The second-order valence-corrected chi connectivity index (χ2v) is 11.1. The van der Waals surface area contributed by atoms with Gasteiger partial charge in [0, 0.05) is 36.9 Å². The summed E-state index contributed by atoms with van der Waals surface area (Å²) < 4.78 is 0. The van der Waals surface area contributed by atoms with E-state index in [0.717, 1.165) is 49.7 Å². The van der Waals surface area contributed by atoms with Crippen LogP contribution in [0.1, 0.15) is 49.0 Å². The van der Waals surface area contributed by atoms with E-state index in [2.05, 4.69) is 51.7 Å². The maximum Gasteiger partial charge on any atom is 0.335 e. The minimum atomic E-state index is -0.891. The number of carbonyl (C=O) groups is 1. The van der Waals surface area contributed by atoms with Gasteiger partial charge in [0.25, 0.3) is 0 Å². The molecule has 0 saturated carbocycles. The van der Waals surface area contributed by atoms with Crippen molar-refractivity contribution in [1.29, 1.82) is 0 Å². The molecule has 4 rings (SSSR count). The van der Waals surface area contributed by atoms with Gasteiger partial charge in [-0.25, -0.2) is 4.79 Å². The van der Waals surface area contributed by atoms with Crippen molar-refractivity contribution in [3.05, 3.63) is 70.3 Å². The number of piperazine rings is 1. The highest BCUT2D eigenvalue weighted by atomic mass is 79.9. The summed E-state index contributed by atoms with van der Waals surface area (Å²) in [6.07, 6.45) is 3.44. The van der Waals surface area contributed by atoms with Gasteiger partial charge in [-0.3, -0.25) is 4.90 Å². The Kier molecular flexibility index (Phi) is 6.99. The van der Waals surface area contributed by atoms with Crippen LogP contribution in [0.25, 0.3) is 5.57 Å². The molecule has 0 bridgehead atoms. The molecule has 6 heteroatoms. The number of hydrogen-bond acceptors (Lipinski definition) is 3. The molecule has 1 unspecified atom stereocenters. The van der Waals surface area contributed by atoms with Crippen LogP contribution in [-0.4, -0.2) is 47.1 Å². The molecule has 0 spiro atoms. The lowest BCUT2D eigenvalue weighted by atomic mass is 9.72. The molecular weight excluding hydrogens is 488 g/mol. The number of halogens is 2. The number of aromatic carboxylic acids is 1. The Bertz CT molecular complexity index is 1000. The van der Waals surface area contributed by atoms with Gasteiger partial charge >= 0.3 is 5.97 Å². The third-order valence-corrected chi connectivity index (χ3v) is 7.68. The fourth-order valence-electron chi connectivity index (χ4n) is 4.76. The maximum absolute atomic E-state index is 11.1. The lowest BCUT2D eigenvalue weighted by Gasteiger charge is -2.42. The third kappa shape index (κ3) is 5.38. The molecule has 1 aliphatic carbocycles. The van der Waals surface area contributed by atoms with E-state index in [1.54, 1.807) is 17.7 Å². The molecule has 32 heavy (non-hydrogen) atoms. The summed E-state index contributed by atoms with van der Waals surface area (Å²) >= 11 is 10.0. The molecule has 1 fully saturated rings. The number of alkyl halides is 1. The Morgan fingerprint density at radius 1 is 1.12 bits per heavy atom. The first kappa shape index (κ1) is 23.3. The molecule has 1 saturated heterocycles. The van der Waals surface area contributed by atoms with E-state index in [9.17, 15) is 4.79 Å². The summed E-state index contributed by atoms with van der Waals surface area (Å²) in [4.78, 5) is 16.2. The van der Waals surface area contributed by atoms with E-state index >= 15 is 0 Å². The minimum absolute atomic E-state index is 0.187. The van der Waals surface area contributed by atoms with Crippen molar-refractivity contribution in [2.75, 3.05) is 31.1 Å². The molecule has 170 valence electrons. The van der Waals surface area contributed by atoms with Crippen LogP contribution in [0.15, 0.2) is 54.1 Å². The van der Waals surface area contributed by atoms with Gasteiger partial charge in [-0.05, 0) is 72.2 Å². The number of benzene rings is 2. The number of rotatable bonds is 5. The van der Waals surface area contributed by atoms with E-state index in [1.807, 2.05) is 24.3 Å². The smallest absolute Gasteiger partial charge is 0.335 e. The zero-order valence-corrected chi connectivity index (χ0v) is 21.0. The number of hydrogen-bond donors (Lipinski definition) is 1. The molecule has 1 aliphatic heterocycles. The van der Waals surface area contributed by atoms with Crippen LogP contribution in [0.4, 0.5) is 5.69 Å². The van der Waals surface area contributed by atoms with Gasteiger partial charge < -0.3 is 10.0 Å². The second kappa shape index (κ2) is 9.58. The number of allylic oxidation sites excluding steroid dienone is 1. The van der Waals surface area contributed by atoms with E-state index < -0.39 is 5.97 Å². The second-order valence-electron chi connectivity index (χ2n) is 9.64. The monoisotopic (exact) mass is 516 g/mol.